The highest BCUT2D eigenvalue weighted by molar-refractivity contribution is 5.69. The van der Waals surface area contributed by atoms with E-state index in [1.165, 1.54) is 52.1 Å². The lowest BCUT2D eigenvalue weighted by Crippen LogP contribution is -2.14. The normalized spacial score (nSPS) is 22.2. The minimum atomic E-state index is -0.558. The summed E-state index contributed by atoms with van der Waals surface area (Å²) in [6.07, 6.45) is 14.5. The van der Waals surface area contributed by atoms with E-state index in [0.29, 0.717) is 18.6 Å². The van der Waals surface area contributed by atoms with Crippen LogP contribution < -0.4 is 0 Å². The quantitative estimate of drug-likeness (QED) is 0.403. The van der Waals surface area contributed by atoms with E-state index in [0.717, 1.165) is 25.7 Å². The molecular weight excluding hydrogens is 292 g/mol. The molecule has 1 rings (SSSR count). The van der Waals surface area contributed by atoms with Gasteiger partial charge in [-0.05, 0) is 32.1 Å². The number of hydrogen-bond acceptors (Lipinski definition) is 4. The Kier molecular flexibility index (Phi) is 11.3. The summed E-state index contributed by atoms with van der Waals surface area (Å²) in [5, 5.41) is 9.69. The van der Waals surface area contributed by atoms with Crippen molar-refractivity contribution in [3.8, 4) is 0 Å². The molecule has 0 aromatic heterocycles. The number of aliphatic hydroxyl groups excluding tert-OH is 1. The number of carbonyl (C=O) groups excluding carboxylic acids is 1. The van der Waals surface area contributed by atoms with E-state index in [4.69, 9.17) is 4.74 Å². The van der Waals surface area contributed by atoms with Gasteiger partial charge in [0.2, 0.25) is 0 Å². The molecule has 0 bridgehead atoms. The second kappa shape index (κ2) is 12.8. The van der Waals surface area contributed by atoms with Crippen LogP contribution in [0.15, 0.2) is 0 Å². The summed E-state index contributed by atoms with van der Waals surface area (Å²) < 4.78 is 10.7. The number of aliphatic hydroxyl groups is 1. The maximum absolute atomic E-state index is 11.0. The first-order valence-corrected chi connectivity index (χ1v) is 9.56. The first-order chi connectivity index (χ1) is 11.2. The number of ether oxygens (including phenoxy) is 2. The fourth-order valence-electron chi connectivity index (χ4n) is 3.31. The van der Waals surface area contributed by atoms with Crippen LogP contribution in [0.4, 0.5) is 0 Å². The van der Waals surface area contributed by atoms with Crippen LogP contribution in [-0.4, -0.2) is 36.5 Å². The second-order valence-corrected chi connectivity index (χ2v) is 6.88. The summed E-state index contributed by atoms with van der Waals surface area (Å²) in [4.78, 5) is 11.0. The minimum absolute atomic E-state index is 0.113. The van der Waals surface area contributed by atoms with Crippen LogP contribution in [0.2, 0.25) is 0 Å². The third kappa shape index (κ3) is 9.98. The Bertz CT molecular complexity index is 306. The number of esters is 1. The maximum Gasteiger partial charge on any atom is 0.308 e. The molecule has 0 aromatic rings. The Morgan fingerprint density at radius 2 is 1.70 bits per heavy atom. The SMILES string of the molecule is CCCCCCC1CCC(CCCCCC(O)CC(=O)OC)O1. The summed E-state index contributed by atoms with van der Waals surface area (Å²) in [5.74, 6) is -0.332. The van der Waals surface area contributed by atoms with Crippen molar-refractivity contribution in [2.75, 3.05) is 7.11 Å². The maximum atomic E-state index is 11.0. The molecule has 3 atom stereocenters. The molecular formula is C19H36O4. The van der Waals surface area contributed by atoms with Gasteiger partial charge < -0.3 is 14.6 Å². The molecule has 1 aliphatic rings. The Morgan fingerprint density at radius 3 is 2.26 bits per heavy atom. The lowest BCUT2D eigenvalue weighted by atomic mass is 10.0. The Hall–Kier alpha value is -0.610. The summed E-state index contributed by atoms with van der Waals surface area (Å²) in [5.41, 5.74) is 0. The fourth-order valence-corrected chi connectivity index (χ4v) is 3.31. The van der Waals surface area contributed by atoms with E-state index in [-0.39, 0.29) is 12.4 Å². The predicted molar refractivity (Wildman–Crippen MR) is 92.4 cm³/mol. The van der Waals surface area contributed by atoms with E-state index in [9.17, 15) is 9.90 Å². The van der Waals surface area contributed by atoms with Gasteiger partial charge in [-0.3, -0.25) is 4.79 Å². The van der Waals surface area contributed by atoms with Gasteiger partial charge >= 0.3 is 5.97 Å². The molecule has 0 aliphatic carbocycles. The topological polar surface area (TPSA) is 55.8 Å². The zero-order chi connectivity index (χ0) is 16.9. The van der Waals surface area contributed by atoms with Gasteiger partial charge in [0.15, 0.2) is 0 Å². The van der Waals surface area contributed by atoms with Crippen LogP contribution in [0.25, 0.3) is 0 Å². The standard InChI is InChI=1S/C19H36O4/c1-3-4-5-8-11-17-13-14-18(23-17)12-9-6-7-10-16(20)15-19(21)22-2/h16-18,20H,3-15H2,1-2H3. The molecule has 1 fully saturated rings. The van der Waals surface area contributed by atoms with Crippen LogP contribution in [0, 0.1) is 0 Å². The average molecular weight is 328 g/mol. The number of carbonyl (C=O) groups is 1. The van der Waals surface area contributed by atoms with E-state index < -0.39 is 6.10 Å². The van der Waals surface area contributed by atoms with Crippen molar-refractivity contribution >= 4 is 5.97 Å². The lowest BCUT2D eigenvalue weighted by Gasteiger charge is -2.14. The summed E-state index contributed by atoms with van der Waals surface area (Å²) in [6.45, 7) is 2.25. The average Bonchev–Trinajstić information content (AvgIpc) is 2.99. The van der Waals surface area contributed by atoms with Gasteiger partial charge in [0.05, 0.1) is 31.8 Å². The van der Waals surface area contributed by atoms with Crippen LogP contribution in [-0.2, 0) is 14.3 Å². The smallest absolute Gasteiger partial charge is 0.308 e. The van der Waals surface area contributed by atoms with Gasteiger partial charge in [-0.15, -0.1) is 0 Å². The van der Waals surface area contributed by atoms with Gasteiger partial charge in [0, 0.05) is 0 Å². The first kappa shape index (κ1) is 20.4. The van der Waals surface area contributed by atoms with Gasteiger partial charge in [-0.25, -0.2) is 0 Å². The van der Waals surface area contributed by atoms with Crippen molar-refractivity contribution in [3.05, 3.63) is 0 Å². The van der Waals surface area contributed by atoms with Gasteiger partial charge in [-0.2, -0.15) is 0 Å². The molecule has 1 aliphatic heterocycles. The number of methoxy groups -OCH3 is 1. The molecule has 23 heavy (non-hydrogen) atoms. The van der Waals surface area contributed by atoms with Crippen molar-refractivity contribution in [1.82, 2.24) is 0 Å². The zero-order valence-electron chi connectivity index (χ0n) is 15.1. The number of rotatable bonds is 13. The van der Waals surface area contributed by atoms with Crippen molar-refractivity contribution < 1.29 is 19.4 Å². The van der Waals surface area contributed by atoms with Crippen LogP contribution in [0.5, 0.6) is 0 Å². The summed E-state index contributed by atoms with van der Waals surface area (Å²) in [6, 6.07) is 0. The van der Waals surface area contributed by atoms with E-state index >= 15 is 0 Å². The summed E-state index contributed by atoms with van der Waals surface area (Å²) >= 11 is 0. The molecule has 136 valence electrons. The number of hydrogen-bond donors (Lipinski definition) is 1. The van der Waals surface area contributed by atoms with E-state index in [2.05, 4.69) is 11.7 Å². The molecule has 0 spiro atoms. The molecule has 0 aromatic carbocycles. The highest BCUT2D eigenvalue weighted by Crippen LogP contribution is 2.27. The number of unbranched alkanes of at least 4 members (excludes halogenated alkanes) is 5. The Labute approximate surface area is 141 Å². The molecule has 1 saturated heterocycles. The van der Waals surface area contributed by atoms with Crippen molar-refractivity contribution in [1.29, 1.82) is 0 Å². The van der Waals surface area contributed by atoms with Gasteiger partial charge in [-0.1, -0.05) is 51.9 Å². The van der Waals surface area contributed by atoms with Crippen LogP contribution >= 0.6 is 0 Å². The predicted octanol–water partition coefficient (Wildman–Crippen LogP) is 4.38. The molecule has 4 nitrogen and oxygen atoms in total. The van der Waals surface area contributed by atoms with Crippen LogP contribution in [0.1, 0.15) is 90.4 Å². The fraction of sp³-hybridized carbons (Fsp3) is 0.947. The highest BCUT2D eigenvalue weighted by atomic mass is 16.5. The molecule has 4 heteroatoms. The van der Waals surface area contributed by atoms with Crippen LogP contribution in [0.3, 0.4) is 0 Å². The second-order valence-electron chi connectivity index (χ2n) is 6.88. The monoisotopic (exact) mass is 328 g/mol. The highest BCUT2D eigenvalue weighted by Gasteiger charge is 2.24. The molecule has 0 saturated carbocycles. The lowest BCUT2D eigenvalue weighted by molar-refractivity contribution is -0.142. The Morgan fingerprint density at radius 1 is 1.09 bits per heavy atom. The third-order valence-electron chi connectivity index (χ3n) is 4.77. The largest absolute Gasteiger partial charge is 0.469 e. The van der Waals surface area contributed by atoms with Gasteiger partial charge in [0.1, 0.15) is 0 Å². The first-order valence-electron chi connectivity index (χ1n) is 9.56. The van der Waals surface area contributed by atoms with Crippen molar-refractivity contribution in [2.24, 2.45) is 0 Å². The van der Waals surface area contributed by atoms with Crippen molar-refractivity contribution in [3.63, 3.8) is 0 Å². The summed E-state index contributed by atoms with van der Waals surface area (Å²) in [7, 11) is 1.35. The zero-order valence-corrected chi connectivity index (χ0v) is 15.1. The minimum Gasteiger partial charge on any atom is -0.469 e. The molecule has 3 unspecified atom stereocenters. The Balaban J connectivity index is 1.95. The molecule has 1 heterocycles. The molecule has 1 N–H and O–H groups in total. The molecule has 0 amide bonds. The van der Waals surface area contributed by atoms with Crippen molar-refractivity contribution in [2.45, 2.75) is 109 Å². The van der Waals surface area contributed by atoms with Gasteiger partial charge in [0.25, 0.3) is 0 Å². The molecule has 0 radical (unpaired) electrons. The van der Waals surface area contributed by atoms with E-state index in [1.807, 2.05) is 0 Å². The van der Waals surface area contributed by atoms with E-state index in [1.54, 1.807) is 0 Å². The third-order valence-corrected chi connectivity index (χ3v) is 4.77.